The summed E-state index contributed by atoms with van der Waals surface area (Å²) in [7, 11) is 1.71. The second-order valence-electron chi connectivity index (χ2n) is 5.89. The van der Waals surface area contributed by atoms with E-state index in [9.17, 15) is 4.79 Å². The zero-order valence-electron chi connectivity index (χ0n) is 13.4. The molecule has 6 nitrogen and oxygen atoms in total. The molecule has 1 heterocycles. The largest absolute Gasteiger partial charge is 0.459 e. The highest BCUT2D eigenvalue weighted by molar-refractivity contribution is 5.91. The van der Waals surface area contributed by atoms with Gasteiger partial charge >= 0.3 is 5.97 Å². The number of aryl methyl sites for hydroxylation is 1. The summed E-state index contributed by atoms with van der Waals surface area (Å²) < 4.78 is 12.7. The zero-order chi connectivity index (χ0) is 16.2. The van der Waals surface area contributed by atoms with E-state index in [1.807, 2.05) is 19.1 Å². The van der Waals surface area contributed by atoms with Gasteiger partial charge in [-0.25, -0.2) is 14.5 Å². The summed E-state index contributed by atoms with van der Waals surface area (Å²) >= 11 is 0. The molecule has 6 heteroatoms. The van der Waals surface area contributed by atoms with Gasteiger partial charge in [-0.05, 0) is 49.9 Å². The van der Waals surface area contributed by atoms with Gasteiger partial charge in [0.05, 0.1) is 17.4 Å². The summed E-state index contributed by atoms with van der Waals surface area (Å²) in [5, 5.41) is 4.09. The first-order chi connectivity index (χ1) is 11.2. The molecule has 0 bridgehead atoms. The molecule has 1 aliphatic rings. The zero-order valence-corrected chi connectivity index (χ0v) is 13.4. The van der Waals surface area contributed by atoms with E-state index in [1.54, 1.807) is 24.2 Å². The summed E-state index contributed by atoms with van der Waals surface area (Å²) in [6.07, 6.45) is 6.98. The molecule has 1 fully saturated rings. The molecule has 1 saturated carbocycles. The Hall–Kier alpha value is -2.21. The highest BCUT2D eigenvalue weighted by Crippen LogP contribution is 2.24. The average molecular weight is 315 g/mol. The molecule has 1 aromatic heterocycles. The average Bonchev–Trinajstić information content (AvgIpc) is 3.09. The van der Waals surface area contributed by atoms with Crippen molar-refractivity contribution in [2.45, 2.75) is 44.8 Å². The van der Waals surface area contributed by atoms with Crippen LogP contribution in [0.5, 0.6) is 0 Å². The van der Waals surface area contributed by atoms with Crippen molar-refractivity contribution >= 4 is 5.97 Å². The molecule has 1 aromatic carbocycles. The van der Waals surface area contributed by atoms with Crippen LogP contribution in [0.25, 0.3) is 5.69 Å². The van der Waals surface area contributed by atoms with Crippen LogP contribution >= 0.6 is 0 Å². The molecular formula is C17H21N3O3. The third-order valence-corrected chi connectivity index (χ3v) is 4.30. The van der Waals surface area contributed by atoms with E-state index in [0.717, 1.165) is 36.9 Å². The smallest absolute Gasteiger partial charge is 0.338 e. The summed E-state index contributed by atoms with van der Waals surface area (Å²) in [6, 6.07) is 5.53. The standard InChI is InChI=1S/C17H21N3O3/c1-12-8-13(20-11-18-10-19-20)6-7-16(12)17(21)23-15-5-3-4-14(9-15)22-2/h6-8,10-11,14-15H,3-5,9H2,1-2H3. The van der Waals surface area contributed by atoms with E-state index in [0.29, 0.717) is 5.56 Å². The van der Waals surface area contributed by atoms with E-state index in [2.05, 4.69) is 10.1 Å². The molecule has 122 valence electrons. The van der Waals surface area contributed by atoms with E-state index in [1.165, 1.54) is 6.33 Å². The minimum atomic E-state index is -0.269. The number of methoxy groups -OCH3 is 1. The van der Waals surface area contributed by atoms with Crippen molar-refractivity contribution in [3.63, 3.8) is 0 Å². The molecule has 2 aromatic rings. The Balaban J connectivity index is 1.70. The van der Waals surface area contributed by atoms with Crippen molar-refractivity contribution in [2.75, 3.05) is 7.11 Å². The third kappa shape index (κ3) is 3.59. The van der Waals surface area contributed by atoms with Crippen LogP contribution in [0, 0.1) is 6.92 Å². The highest BCUT2D eigenvalue weighted by atomic mass is 16.5. The number of rotatable bonds is 4. The first-order valence-electron chi connectivity index (χ1n) is 7.87. The molecule has 0 spiro atoms. The van der Waals surface area contributed by atoms with Gasteiger partial charge in [0.1, 0.15) is 18.8 Å². The maximum atomic E-state index is 12.4. The van der Waals surface area contributed by atoms with Crippen LogP contribution in [0.15, 0.2) is 30.9 Å². The first-order valence-corrected chi connectivity index (χ1v) is 7.87. The molecule has 0 N–H and O–H groups in total. The van der Waals surface area contributed by atoms with Gasteiger partial charge in [0.2, 0.25) is 0 Å². The van der Waals surface area contributed by atoms with E-state index in [-0.39, 0.29) is 18.2 Å². The van der Waals surface area contributed by atoms with Gasteiger partial charge in [0, 0.05) is 13.5 Å². The monoisotopic (exact) mass is 315 g/mol. The maximum absolute atomic E-state index is 12.4. The van der Waals surface area contributed by atoms with Gasteiger partial charge in [-0.2, -0.15) is 5.10 Å². The molecule has 0 saturated heterocycles. The Morgan fingerprint density at radius 1 is 1.30 bits per heavy atom. The van der Waals surface area contributed by atoms with Crippen molar-refractivity contribution < 1.29 is 14.3 Å². The summed E-state index contributed by atoms with van der Waals surface area (Å²) in [5.41, 5.74) is 2.32. The Kier molecular flexibility index (Phi) is 4.71. The summed E-state index contributed by atoms with van der Waals surface area (Å²) in [5.74, 6) is -0.269. The number of hydrogen-bond donors (Lipinski definition) is 0. The van der Waals surface area contributed by atoms with Crippen LogP contribution in [0.4, 0.5) is 0 Å². The minimum absolute atomic E-state index is 0.0596. The molecule has 0 aliphatic heterocycles. The number of carbonyl (C=O) groups is 1. The molecule has 0 amide bonds. The lowest BCUT2D eigenvalue weighted by atomic mass is 9.95. The quantitative estimate of drug-likeness (QED) is 0.812. The topological polar surface area (TPSA) is 66.2 Å². The molecule has 2 unspecified atom stereocenters. The Labute approximate surface area is 135 Å². The number of aromatic nitrogens is 3. The number of nitrogens with zero attached hydrogens (tertiary/aromatic N) is 3. The second kappa shape index (κ2) is 6.91. The maximum Gasteiger partial charge on any atom is 0.338 e. The fourth-order valence-electron chi connectivity index (χ4n) is 3.00. The molecule has 3 rings (SSSR count). The molecule has 0 radical (unpaired) electrons. The van der Waals surface area contributed by atoms with Crippen molar-refractivity contribution in [2.24, 2.45) is 0 Å². The van der Waals surface area contributed by atoms with Gasteiger partial charge in [0.15, 0.2) is 0 Å². The lowest BCUT2D eigenvalue weighted by Gasteiger charge is -2.28. The SMILES string of the molecule is COC1CCCC(OC(=O)c2ccc(-n3cncn3)cc2C)C1. The predicted molar refractivity (Wildman–Crippen MR) is 84.6 cm³/mol. The molecule has 2 atom stereocenters. The first kappa shape index (κ1) is 15.7. The molecule has 1 aliphatic carbocycles. The van der Waals surface area contributed by atoms with E-state index < -0.39 is 0 Å². The normalized spacial score (nSPS) is 21.1. The van der Waals surface area contributed by atoms with Crippen LogP contribution < -0.4 is 0 Å². The van der Waals surface area contributed by atoms with Crippen LogP contribution in [0.3, 0.4) is 0 Å². The van der Waals surface area contributed by atoms with Crippen LogP contribution in [-0.2, 0) is 9.47 Å². The van der Waals surface area contributed by atoms with Crippen LogP contribution in [0.1, 0.15) is 41.6 Å². The molecular weight excluding hydrogens is 294 g/mol. The van der Waals surface area contributed by atoms with Gasteiger partial charge in [-0.1, -0.05) is 0 Å². The van der Waals surface area contributed by atoms with Gasteiger partial charge in [-0.15, -0.1) is 0 Å². The number of benzene rings is 1. The van der Waals surface area contributed by atoms with Crippen molar-refractivity contribution in [1.29, 1.82) is 0 Å². The third-order valence-electron chi connectivity index (χ3n) is 4.30. The summed E-state index contributed by atoms with van der Waals surface area (Å²) in [4.78, 5) is 16.4. The number of esters is 1. The number of ether oxygens (including phenoxy) is 2. The fraction of sp³-hybridized carbons (Fsp3) is 0.471. The predicted octanol–water partition coefficient (Wildman–Crippen LogP) is 2.69. The Bertz CT molecular complexity index is 670. The lowest BCUT2D eigenvalue weighted by molar-refractivity contribution is -0.0149. The Morgan fingerprint density at radius 2 is 2.13 bits per heavy atom. The Morgan fingerprint density at radius 3 is 2.83 bits per heavy atom. The fourth-order valence-corrected chi connectivity index (χ4v) is 3.00. The summed E-state index contributed by atoms with van der Waals surface area (Å²) in [6.45, 7) is 1.90. The van der Waals surface area contributed by atoms with Crippen LogP contribution in [-0.4, -0.2) is 40.1 Å². The second-order valence-corrected chi connectivity index (χ2v) is 5.89. The van der Waals surface area contributed by atoms with Gasteiger partial charge < -0.3 is 9.47 Å². The van der Waals surface area contributed by atoms with Crippen molar-refractivity contribution in [1.82, 2.24) is 14.8 Å². The number of carbonyl (C=O) groups excluding carboxylic acids is 1. The lowest BCUT2D eigenvalue weighted by Crippen LogP contribution is -2.29. The van der Waals surface area contributed by atoms with Crippen molar-refractivity contribution in [3.8, 4) is 5.69 Å². The minimum Gasteiger partial charge on any atom is -0.459 e. The van der Waals surface area contributed by atoms with Crippen LogP contribution in [0.2, 0.25) is 0 Å². The van der Waals surface area contributed by atoms with E-state index in [4.69, 9.17) is 9.47 Å². The van der Waals surface area contributed by atoms with Gasteiger partial charge in [-0.3, -0.25) is 0 Å². The van der Waals surface area contributed by atoms with Gasteiger partial charge in [0.25, 0.3) is 0 Å². The highest BCUT2D eigenvalue weighted by Gasteiger charge is 2.25. The van der Waals surface area contributed by atoms with E-state index >= 15 is 0 Å². The van der Waals surface area contributed by atoms with Crippen molar-refractivity contribution in [3.05, 3.63) is 42.0 Å². The number of hydrogen-bond acceptors (Lipinski definition) is 5. The molecule has 23 heavy (non-hydrogen) atoms.